The van der Waals surface area contributed by atoms with Crippen molar-refractivity contribution in [3.05, 3.63) is 0 Å². The van der Waals surface area contributed by atoms with E-state index in [1.807, 2.05) is 0 Å². The molecule has 0 aliphatic carbocycles. The second-order valence-corrected chi connectivity index (χ2v) is 17.9. The molecule has 0 saturated heterocycles. The Hall–Kier alpha value is -0.0400. The first-order valence-electron chi connectivity index (χ1n) is 24.3. The van der Waals surface area contributed by atoms with Crippen molar-refractivity contribution in [1.82, 2.24) is 4.90 Å². The monoisotopic (exact) mass is 704 g/mol. The average Bonchev–Trinajstić information content (AvgIpc) is 3.09. The minimum absolute atomic E-state index is 0.889. The zero-order chi connectivity index (χ0) is 36.4. The van der Waals surface area contributed by atoms with Gasteiger partial charge in [0.05, 0.1) is 0 Å². The summed E-state index contributed by atoms with van der Waals surface area (Å²) in [6.07, 6.45) is 57.2. The van der Waals surface area contributed by atoms with Crippen LogP contribution < -0.4 is 0 Å². The molecule has 1 nitrogen and oxygen atoms in total. The molecule has 0 spiro atoms. The van der Waals surface area contributed by atoms with Crippen LogP contribution in [0.5, 0.6) is 0 Å². The summed E-state index contributed by atoms with van der Waals surface area (Å²) in [5.74, 6) is 1.78. The van der Waals surface area contributed by atoms with Crippen LogP contribution in [0.4, 0.5) is 0 Å². The molecule has 302 valence electrons. The summed E-state index contributed by atoms with van der Waals surface area (Å²) >= 11 is 0. The molecule has 0 heterocycles. The molecule has 0 unspecified atom stereocenters. The molecule has 0 radical (unpaired) electrons. The maximum Gasteiger partial charge on any atom is -0.00187 e. The Morgan fingerprint density at radius 3 is 0.620 bits per heavy atom. The minimum Gasteiger partial charge on any atom is -0.303 e. The van der Waals surface area contributed by atoms with E-state index in [0.29, 0.717) is 0 Å². The Balaban J connectivity index is 3.95. The van der Waals surface area contributed by atoms with Crippen molar-refractivity contribution in [1.29, 1.82) is 0 Å². The number of unbranched alkanes of at least 4 members (excludes halogenated alkanes) is 34. The van der Waals surface area contributed by atoms with E-state index in [-0.39, 0.29) is 0 Å². The van der Waals surface area contributed by atoms with E-state index >= 15 is 0 Å². The van der Waals surface area contributed by atoms with Gasteiger partial charge in [-0.2, -0.15) is 0 Å². The van der Waals surface area contributed by atoms with E-state index in [9.17, 15) is 0 Å². The van der Waals surface area contributed by atoms with Gasteiger partial charge in [0, 0.05) is 0 Å². The summed E-state index contributed by atoms with van der Waals surface area (Å²) in [6, 6.07) is 0. The van der Waals surface area contributed by atoms with Crippen molar-refractivity contribution in [2.45, 2.75) is 285 Å². The second-order valence-electron chi connectivity index (χ2n) is 17.9. The molecule has 0 saturated carbocycles. The van der Waals surface area contributed by atoms with Gasteiger partial charge < -0.3 is 4.90 Å². The predicted molar refractivity (Wildman–Crippen MR) is 232 cm³/mol. The SMILES string of the molecule is CCCCCCCCCCCCCCCCCN(CCCCCCCCCCCCCC(C)C)CCCCCCCCCCCCCC(C)C. The first-order chi connectivity index (χ1) is 24.6. The van der Waals surface area contributed by atoms with Gasteiger partial charge in [0.25, 0.3) is 0 Å². The fraction of sp³-hybridized carbons (Fsp3) is 1.00. The lowest BCUT2D eigenvalue weighted by Crippen LogP contribution is -2.27. The molecule has 1 heteroatoms. The van der Waals surface area contributed by atoms with Gasteiger partial charge in [-0.1, -0.05) is 266 Å². The molecule has 0 aromatic carbocycles. The molecule has 0 aromatic heterocycles. The van der Waals surface area contributed by atoms with Gasteiger partial charge in [-0.15, -0.1) is 0 Å². The van der Waals surface area contributed by atoms with E-state index in [1.54, 1.807) is 0 Å². The van der Waals surface area contributed by atoms with Crippen LogP contribution in [0.25, 0.3) is 0 Å². The minimum atomic E-state index is 0.889. The number of nitrogens with zero attached hydrogens (tertiary/aromatic N) is 1. The van der Waals surface area contributed by atoms with Crippen LogP contribution >= 0.6 is 0 Å². The third-order valence-corrected chi connectivity index (χ3v) is 11.6. The molecule has 0 amide bonds. The van der Waals surface area contributed by atoms with Crippen LogP contribution in [-0.2, 0) is 0 Å². The molecule has 50 heavy (non-hydrogen) atoms. The van der Waals surface area contributed by atoms with E-state index < -0.39 is 0 Å². The molecule has 0 aliphatic heterocycles. The van der Waals surface area contributed by atoms with Gasteiger partial charge >= 0.3 is 0 Å². The van der Waals surface area contributed by atoms with Crippen molar-refractivity contribution >= 4 is 0 Å². The first-order valence-corrected chi connectivity index (χ1v) is 24.3. The van der Waals surface area contributed by atoms with Crippen molar-refractivity contribution < 1.29 is 0 Å². The zero-order valence-corrected chi connectivity index (χ0v) is 36.3. The van der Waals surface area contributed by atoms with E-state index in [2.05, 4.69) is 39.5 Å². The molecule has 0 bridgehead atoms. The van der Waals surface area contributed by atoms with E-state index in [0.717, 1.165) is 11.8 Å². The smallest absolute Gasteiger partial charge is 0.00187 e. The lowest BCUT2D eigenvalue weighted by molar-refractivity contribution is 0.254. The van der Waals surface area contributed by atoms with Gasteiger partial charge in [-0.3, -0.25) is 0 Å². The third-order valence-electron chi connectivity index (χ3n) is 11.6. The summed E-state index contributed by atoms with van der Waals surface area (Å²) in [5.41, 5.74) is 0. The van der Waals surface area contributed by atoms with Crippen LogP contribution in [0.15, 0.2) is 0 Å². The molecule has 0 rings (SSSR count). The first kappa shape index (κ1) is 50.0. The maximum absolute atomic E-state index is 2.88. The highest BCUT2D eigenvalue weighted by Gasteiger charge is 2.06. The molecule has 0 N–H and O–H groups in total. The molecular weight excluding hydrogens is 603 g/mol. The van der Waals surface area contributed by atoms with Crippen LogP contribution in [0.1, 0.15) is 285 Å². The summed E-state index contributed by atoms with van der Waals surface area (Å²) in [6.45, 7) is 15.9. The largest absolute Gasteiger partial charge is 0.303 e. The topological polar surface area (TPSA) is 3.24 Å². The Morgan fingerprint density at radius 1 is 0.240 bits per heavy atom. The quantitative estimate of drug-likeness (QED) is 0.0571. The molecule has 0 aliphatic rings. The van der Waals surface area contributed by atoms with Gasteiger partial charge in [0.1, 0.15) is 0 Å². The number of hydrogen-bond acceptors (Lipinski definition) is 1. The molecule has 0 aromatic rings. The van der Waals surface area contributed by atoms with Crippen molar-refractivity contribution in [2.75, 3.05) is 19.6 Å². The van der Waals surface area contributed by atoms with E-state index in [4.69, 9.17) is 0 Å². The standard InChI is InChI=1S/C49H101N/c1-6-7-8-9-10-11-12-13-14-15-20-25-30-35-40-45-50(46-41-36-31-26-21-16-18-23-28-33-38-43-48(2)3)47-42-37-32-27-22-17-19-24-29-34-39-44-49(4)5/h48-49H,6-47H2,1-5H3. The van der Waals surface area contributed by atoms with Gasteiger partial charge in [-0.25, -0.2) is 0 Å². The van der Waals surface area contributed by atoms with Gasteiger partial charge in [0.15, 0.2) is 0 Å². The van der Waals surface area contributed by atoms with Crippen molar-refractivity contribution in [3.8, 4) is 0 Å². The zero-order valence-electron chi connectivity index (χ0n) is 36.3. The summed E-state index contributed by atoms with van der Waals surface area (Å²) in [5, 5.41) is 0. The second kappa shape index (κ2) is 43.4. The Bertz CT molecular complexity index is 548. The molecular formula is C49H101N. The Labute approximate surface area is 320 Å². The third kappa shape index (κ3) is 44.1. The Morgan fingerprint density at radius 2 is 0.420 bits per heavy atom. The molecule has 0 atom stereocenters. The predicted octanol–water partition coefficient (Wildman–Crippen LogP) is 17.8. The normalized spacial score (nSPS) is 12.0. The lowest BCUT2D eigenvalue weighted by atomic mass is 10.0. The highest BCUT2D eigenvalue weighted by molar-refractivity contribution is 4.61. The number of rotatable bonds is 44. The van der Waals surface area contributed by atoms with Gasteiger partial charge in [-0.05, 0) is 50.7 Å². The van der Waals surface area contributed by atoms with Crippen molar-refractivity contribution in [2.24, 2.45) is 11.8 Å². The summed E-state index contributed by atoms with van der Waals surface area (Å²) < 4.78 is 0. The van der Waals surface area contributed by atoms with Crippen molar-refractivity contribution in [3.63, 3.8) is 0 Å². The van der Waals surface area contributed by atoms with Crippen LogP contribution in [-0.4, -0.2) is 24.5 Å². The molecule has 0 fully saturated rings. The highest BCUT2D eigenvalue weighted by Crippen LogP contribution is 2.17. The van der Waals surface area contributed by atoms with Gasteiger partial charge in [0.2, 0.25) is 0 Å². The highest BCUT2D eigenvalue weighted by atomic mass is 15.1. The van der Waals surface area contributed by atoms with Crippen LogP contribution in [0, 0.1) is 11.8 Å². The van der Waals surface area contributed by atoms with Crippen LogP contribution in [0.3, 0.4) is 0 Å². The van der Waals surface area contributed by atoms with Crippen LogP contribution in [0.2, 0.25) is 0 Å². The Kier molecular flexibility index (Phi) is 43.3. The fourth-order valence-corrected chi connectivity index (χ4v) is 8.00. The number of hydrogen-bond donors (Lipinski definition) is 0. The average molecular weight is 704 g/mol. The fourth-order valence-electron chi connectivity index (χ4n) is 8.00. The summed E-state index contributed by atoms with van der Waals surface area (Å²) in [4.78, 5) is 2.88. The van der Waals surface area contributed by atoms with E-state index in [1.165, 1.54) is 270 Å². The maximum atomic E-state index is 2.88. The summed E-state index contributed by atoms with van der Waals surface area (Å²) in [7, 11) is 0. The lowest BCUT2D eigenvalue weighted by Gasteiger charge is -2.22.